The van der Waals surface area contributed by atoms with E-state index in [1.165, 1.54) is 81.1 Å². The van der Waals surface area contributed by atoms with Crippen LogP contribution in [0, 0.1) is 17.3 Å². The van der Waals surface area contributed by atoms with Crippen LogP contribution in [0.4, 0.5) is 0 Å². The van der Waals surface area contributed by atoms with E-state index in [9.17, 15) is 4.79 Å². The number of ether oxygens (including phenoxy) is 1. The van der Waals surface area contributed by atoms with Crippen LogP contribution in [0.5, 0.6) is 0 Å². The summed E-state index contributed by atoms with van der Waals surface area (Å²) in [6.45, 7) is 12.5. The van der Waals surface area contributed by atoms with Gasteiger partial charge in [-0.25, -0.2) is 0 Å². The number of fused-ring (bicyclic) bond motifs is 2. The molecule has 1 amide bonds. The van der Waals surface area contributed by atoms with E-state index >= 15 is 0 Å². The van der Waals surface area contributed by atoms with Gasteiger partial charge in [-0.15, -0.1) is 11.8 Å². The minimum atomic E-state index is -0.543. The summed E-state index contributed by atoms with van der Waals surface area (Å²) in [4.78, 5) is 13.6. The fourth-order valence-corrected chi connectivity index (χ4v) is 7.07. The third kappa shape index (κ3) is 11.9. The van der Waals surface area contributed by atoms with E-state index in [1.54, 1.807) is 0 Å². The lowest BCUT2D eigenvalue weighted by Crippen LogP contribution is -2.40. The zero-order valence-corrected chi connectivity index (χ0v) is 25.9. The van der Waals surface area contributed by atoms with Gasteiger partial charge in [0.25, 0.3) is 0 Å². The molecule has 0 radical (unpaired) electrons. The maximum atomic E-state index is 12.4. The number of hydrogen-bond acceptors (Lipinski definition) is 5. The summed E-state index contributed by atoms with van der Waals surface area (Å²) >= 11 is 1.94. The van der Waals surface area contributed by atoms with Crippen molar-refractivity contribution in [1.29, 1.82) is 0 Å². The van der Waals surface area contributed by atoms with Gasteiger partial charge in [-0.2, -0.15) is 0 Å². The van der Waals surface area contributed by atoms with Crippen LogP contribution >= 0.6 is 11.8 Å². The molecule has 0 spiro atoms. The van der Waals surface area contributed by atoms with Crippen molar-refractivity contribution in [3.05, 3.63) is 34.9 Å². The molecule has 3 aliphatic carbocycles. The molecular weight excluding hydrogens is 490 g/mol. The van der Waals surface area contributed by atoms with E-state index < -0.39 is 5.41 Å². The monoisotopic (exact) mass is 547 g/mol. The quantitative estimate of drug-likeness (QED) is 0.172. The smallest absolute Gasteiger partial charge is 0.227 e. The molecular formula is C32H57N3O2S. The van der Waals surface area contributed by atoms with Gasteiger partial charge in [-0.3, -0.25) is 4.79 Å². The van der Waals surface area contributed by atoms with Crippen LogP contribution in [0.3, 0.4) is 0 Å². The van der Waals surface area contributed by atoms with Crippen molar-refractivity contribution in [2.24, 2.45) is 17.3 Å². The normalized spacial score (nSPS) is 23.3. The number of hydrogen-bond donors (Lipinski definition) is 3. The average molecular weight is 548 g/mol. The fraction of sp³-hybridized carbons (Fsp3) is 0.781. The molecule has 5 nitrogen and oxygen atoms in total. The number of likely N-dealkylation sites (N-methyl/N-ethyl adjacent to an activating group) is 2. The predicted octanol–water partition coefficient (Wildman–Crippen LogP) is 6.97. The number of allylic oxidation sites excluding steroid dienone is 2. The van der Waals surface area contributed by atoms with Gasteiger partial charge in [0, 0.05) is 41.6 Å². The van der Waals surface area contributed by atoms with Gasteiger partial charge in [0.2, 0.25) is 5.91 Å². The van der Waals surface area contributed by atoms with Crippen molar-refractivity contribution in [3.8, 4) is 0 Å². The van der Waals surface area contributed by atoms with E-state index in [0.29, 0.717) is 25.0 Å². The Morgan fingerprint density at radius 3 is 2.47 bits per heavy atom. The molecule has 3 aliphatic rings. The molecule has 6 heteroatoms. The largest absolute Gasteiger partial charge is 0.388 e. The number of rotatable bonds is 13. The van der Waals surface area contributed by atoms with Gasteiger partial charge < -0.3 is 20.7 Å². The Labute approximate surface area is 238 Å². The maximum Gasteiger partial charge on any atom is 0.227 e. The number of nitrogens with one attached hydrogen (secondary N) is 3. The molecule has 3 N–H and O–H groups in total. The van der Waals surface area contributed by atoms with Crippen LogP contribution in [0.2, 0.25) is 0 Å². The Kier molecular flexibility index (Phi) is 15.8. The number of carbonyl (C=O) groups excluding carboxylic acids is 1. The lowest BCUT2D eigenvalue weighted by atomic mass is 9.93. The first-order valence-corrected chi connectivity index (χ1v) is 16.1. The highest BCUT2D eigenvalue weighted by Crippen LogP contribution is 2.37. The molecule has 38 heavy (non-hydrogen) atoms. The Morgan fingerprint density at radius 2 is 1.79 bits per heavy atom. The molecule has 0 aromatic carbocycles. The second-order valence-corrected chi connectivity index (χ2v) is 13.4. The Balaban J connectivity index is 0.000000415. The maximum absolute atomic E-state index is 12.4. The van der Waals surface area contributed by atoms with E-state index in [4.69, 9.17) is 4.74 Å². The Morgan fingerprint density at radius 1 is 1.05 bits per heavy atom. The van der Waals surface area contributed by atoms with E-state index in [0.717, 1.165) is 30.5 Å². The molecule has 2 fully saturated rings. The highest BCUT2D eigenvalue weighted by Gasteiger charge is 2.28. The molecule has 0 aromatic rings. The number of carbonyl (C=O) groups is 1. The molecule has 2 saturated carbocycles. The summed E-state index contributed by atoms with van der Waals surface area (Å²) in [6, 6.07) is 0. The van der Waals surface area contributed by atoms with Crippen LogP contribution in [0.15, 0.2) is 34.9 Å². The second kappa shape index (κ2) is 18.2. The molecule has 0 saturated heterocycles. The molecule has 2 bridgehead atoms. The Bertz CT molecular complexity index is 771. The lowest BCUT2D eigenvalue weighted by molar-refractivity contribution is -0.132. The van der Waals surface area contributed by atoms with Crippen molar-refractivity contribution in [3.63, 3.8) is 0 Å². The first-order chi connectivity index (χ1) is 18.3. The molecule has 0 aromatic heterocycles. The Hall–Kier alpha value is -1.24. The van der Waals surface area contributed by atoms with Gasteiger partial charge in [0.15, 0.2) is 0 Å². The van der Waals surface area contributed by atoms with Crippen molar-refractivity contribution in [2.75, 3.05) is 40.4 Å². The van der Waals surface area contributed by atoms with Crippen LogP contribution in [-0.2, 0) is 9.53 Å². The molecule has 218 valence electrons. The highest BCUT2D eigenvalue weighted by atomic mass is 32.2. The average Bonchev–Trinajstić information content (AvgIpc) is 3.39. The zero-order valence-electron chi connectivity index (χ0n) is 25.1. The van der Waals surface area contributed by atoms with Gasteiger partial charge in [0.1, 0.15) is 0 Å². The summed E-state index contributed by atoms with van der Waals surface area (Å²) < 4.78 is 6.09. The van der Waals surface area contributed by atoms with Crippen molar-refractivity contribution in [2.45, 2.75) is 103 Å². The topological polar surface area (TPSA) is 62.4 Å². The second-order valence-electron chi connectivity index (χ2n) is 12.0. The summed E-state index contributed by atoms with van der Waals surface area (Å²) in [5, 5.41) is 10.1. The lowest BCUT2D eigenvalue weighted by Gasteiger charge is -2.27. The third-order valence-electron chi connectivity index (χ3n) is 8.09. The van der Waals surface area contributed by atoms with Gasteiger partial charge in [-0.1, -0.05) is 51.3 Å². The molecule has 2 unspecified atom stereocenters. The van der Waals surface area contributed by atoms with E-state index in [1.807, 2.05) is 39.7 Å². The van der Waals surface area contributed by atoms with Crippen molar-refractivity contribution in [1.82, 2.24) is 16.0 Å². The van der Waals surface area contributed by atoms with Crippen molar-refractivity contribution >= 4 is 17.7 Å². The minimum absolute atomic E-state index is 0.0508. The van der Waals surface area contributed by atoms with Crippen LogP contribution in [0.25, 0.3) is 0 Å². The summed E-state index contributed by atoms with van der Waals surface area (Å²) in [7, 11) is 3.86. The fourth-order valence-electron chi connectivity index (χ4n) is 5.61. The SMILES string of the molecule is C1=C/CC2CCC(CC/1)C2.C=C(NC)/C(CNC)=C(/COCC(C)(C)C(=O)NCCC)SC1CCCCC1. The van der Waals surface area contributed by atoms with Gasteiger partial charge in [-0.05, 0) is 84.1 Å². The standard InChI is InChI=1S/C22H41N3O2S.C10H16/c1-7-13-25-21(26)22(3,4)16-27-15-20(19(14-23-5)17(2)24-6)28-18-11-9-8-10-12-18;1-2-4-9-6-7-10(8-9)5-3-1/h18,23-24H,2,7-16H2,1,3-6H3,(H,25,26);1-2,9-10H,3-8H2/b20-19-;2-1+. The number of thioether (sulfide) groups is 1. The first kappa shape index (κ1) is 33.0. The van der Waals surface area contributed by atoms with E-state index in [-0.39, 0.29) is 5.91 Å². The summed E-state index contributed by atoms with van der Waals surface area (Å²) in [5.41, 5.74) is 1.56. The van der Waals surface area contributed by atoms with Crippen LogP contribution in [0.1, 0.15) is 97.8 Å². The van der Waals surface area contributed by atoms with E-state index in [2.05, 4.69) is 41.6 Å². The van der Waals surface area contributed by atoms with Crippen LogP contribution in [-0.4, -0.2) is 51.6 Å². The minimum Gasteiger partial charge on any atom is -0.388 e. The van der Waals surface area contributed by atoms with Crippen LogP contribution < -0.4 is 16.0 Å². The molecule has 0 heterocycles. The molecule has 3 rings (SSSR count). The summed E-state index contributed by atoms with van der Waals surface area (Å²) in [6.07, 6.45) is 20.9. The van der Waals surface area contributed by atoms with Crippen molar-refractivity contribution < 1.29 is 9.53 Å². The predicted molar refractivity (Wildman–Crippen MR) is 165 cm³/mol. The third-order valence-corrected chi connectivity index (χ3v) is 9.54. The first-order valence-electron chi connectivity index (χ1n) is 15.2. The summed E-state index contributed by atoms with van der Waals surface area (Å²) in [5.74, 6) is 2.20. The number of amides is 1. The highest BCUT2D eigenvalue weighted by molar-refractivity contribution is 8.03. The molecule has 2 atom stereocenters. The zero-order chi connectivity index (χ0) is 27.8. The van der Waals surface area contributed by atoms with Gasteiger partial charge >= 0.3 is 0 Å². The van der Waals surface area contributed by atoms with Gasteiger partial charge in [0.05, 0.1) is 18.6 Å². The molecule has 0 aliphatic heterocycles.